The number of aromatic nitrogens is 8. The van der Waals surface area contributed by atoms with Crippen LogP contribution in [-0.2, 0) is 0 Å². The van der Waals surface area contributed by atoms with E-state index < -0.39 is 0 Å². The first-order valence-electron chi connectivity index (χ1n) is 33.7. The van der Waals surface area contributed by atoms with Crippen LogP contribution in [0.5, 0.6) is 0 Å². The maximum atomic E-state index is 4.95. The molecule has 0 fully saturated rings. The largest absolute Gasteiger partial charge is 0.309 e. The average molecular weight is 1280 g/mol. The van der Waals surface area contributed by atoms with Crippen LogP contribution in [0.15, 0.2) is 364 Å². The van der Waals surface area contributed by atoms with Crippen LogP contribution in [0.3, 0.4) is 0 Å². The summed E-state index contributed by atoms with van der Waals surface area (Å²) >= 11 is 0. The van der Waals surface area contributed by atoms with Gasteiger partial charge in [0.15, 0.2) is 34.9 Å². The molecule has 15 aromatic carbocycles. The van der Waals surface area contributed by atoms with E-state index >= 15 is 0 Å². The van der Waals surface area contributed by atoms with Crippen LogP contribution in [0.1, 0.15) is 0 Å². The number of rotatable bonds is 11. The molecule has 0 atom stereocenters. The molecule has 19 rings (SSSR count). The van der Waals surface area contributed by atoms with Crippen LogP contribution in [0.25, 0.3) is 178 Å². The normalized spacial score (nSPS) is 11.4. The number of hydrogen-bond acceptors (Lipinski definition) is 6. The van der Waals surface area contributed by atoms with Gasteiger partial charge in [-0.1, -0.05) is 279 Å². The second-order valence-electron chi connectivity index (χ2n) is 25.0. The van der Waals surface area contributed by atoms with Gasteiger partial charge in [-0.15, -0.1) is 0 Å². The molecule has 0 radical (unpaired) electrons. The third kappa shape index (κ3) is 11.1. The minimum absolute atomic E-state index is 0.641. The van der Waals surface area contributed by atoms with E-state index in [-0.39, 0.29) is 0 Å². The van der Waals surface area contributed by atoms with Gasteiger partial charge in [0.2, 0.25) is 0 Å². The average Bonchev–Trinajstić information content (AvgIpc) is 1.58. The molecule has 0 bridgehead atoms. The molecule has 0 aliphatic carbocycles. The number of benzene rings is 15. The van der Waals surface area contributed by atoms with Crippen LogP contribution in [-0.4, -0.2) is 39.0 Å². The second kappa shape index (κ2) is 25.5. The Labute approximate surface area is 577 Å². The third-order valence-electron chi connectivity index (χ3n) is 18.9. The summed E-state index contributed by atoms with van der Waals surface area (Å²) in [7, 11) is 0. The molecule has 0 aliphatic rings. The minimum Gasteiger partial charge on any atom is -0.309 e. The van der Waals surface area contributed by atoms with Gasteiger partial charge in [-0.05, 0) is 140 Å². The molecule has 0 N–H and O–H groups in total. The van der Waals surface area contributed by atoms with Gasteiger partial charge in [0, 0.05) is 66.3 Å². The molecule has 0 amide bonds. The molecular formula is C92H60N8. The van der Waals surface area contributed by atoms with Gasteiger partial charge in [-0.2, -0.15) is 0 Å². The fourth-order valence-corrected chi connectivity index (χ4v) is 14.0. The summed E-state index contributed by atoms with van der Waals surface area (Å²) in [4.78, 5) is 29.5. The van der Waals surface area contributed by atoms with Crippen LogP contribution in [0.2, 0.25) is 0 Å². The summed E-state index contributed by atoms with van der Waals surface area (Å²) in [6.45, 7) is 0. The molecule has 468 valence electrons. The summed E-state index contributed by atoms with van der Waals surface area (Å²) < 4.78 is 4.73. The van der Waals surface area contributed by atoms with Crippen molar-refractivity contribution in [3.05, 3.63) is 364 Å². The van der Waals surface area contributed by atoms with Crippen LogP contribution >= 0.6 is 0 Å². The highest BCUT2D eigenvalue weighted by Crippen LogP contribution is 2.42. The first-order valence-corrected chi connectivity index (χ1v) is 33.7. The Morgan fingerprint density at radius 3 is 0.840 bits per heavy atom. The molecular weight excluding hydrogens is 1220 g/mol. The smallest absolute Gasteiger partial charge is 0.164 e. The topological polar surface area (TPSA) is 87.2 Å². The quantitative estimate of drug-likeness (QED) is 0.128. The second-order valence-corrected chi connectivity index (χ2v) is 25.0. The monoisotopic (exact) mass is 1280 g/mol. The number of nitrogens with zero attached hydrogens (tertiary/aromatic N) is 8. The van der Waals surface area contributed by atoms with Crippen molar-refractivity contribution in [2.24, 2.45) is 0 Å². The van der Waals surface area contributed by atoms with Gasteiger partial charge < -0.3 is 9.13 Å². The SMILES string of the molecule is c1ccc(-c2ccc(-c3ccc4ccc5c(c4c3)c3ccccc3n5-c3ccc(-c4nc(-c5ccccc5)nc(-c5ccccc5)n4)cc3)cc2)cc1.c1ccc(-c2ccc3c(ccc4c3c3ccccc3n4-c3ccc(-c4nc(-c5ccccc5)nc(-c5ccccc5)n4)cc3)c2)cc1. The molecule has 0 aliphatic heterocycles. The van der Waals surface area contributed by atoms with Crippen LogP contribution < -0.4 is 0 Å². The van der Waals surface area contributed by atoms with Crippen molar-refractivity contribution in [3.8, 4) is 113 Å². The maximum Gasteiger partial charge on any atom is 0.164 e. The molecule has 8 nitrogen and oxygen atoms in total. The van der Waals surface area contributed by atoms with E-state index in [1.165, 1.54) is 98.5 Å². The van der Waals surface area contributed by atoms with E-state index in [4.69, 9.17) is 29.9 Å². The van der Waals surface area contributed by atoms with Crippen molar-refractivity contribution in [2.45, 2.75) is 0 Å². The van der Waals surface area contributed by atoms with Gasteiger partial charge in [0.05, 0.1) is 22.1 Å². The molecule has 0 saturated carbocycles. The zero-order valence-corrected chi connectivity index (χ0v) is 54.2. The van der Waals surface area contributed by atoms with E-state index in [2.05, 4.69) is 252 Å². The number of fused-ring (bicyclic) bond motifs is 10. The first kappa shape index (κ1) is 59.0. The predicted octanol–water partition coefficient (Wildman–Crippen LogP) is 23.2. The van der Waals surface area contributed by atoms with Crippen molar-refractivity contribution < 1.29 is 0 Å². The van der Waals surface area contributed by atoms with Crippen molar-refractivity contribution in [2.75, 3.05) is 0 Å². The summed E-state index contributed by atoms with van der Waals surface area (Å²) in [5.74, 6) is 3.90. The van der Waals surface area contributed by atoms with Crippen molar-refractivity contribution in [3.63, 3.8) is 0 Å². The summed E-state index contributed by atoms with van der Waals surface area (Å²) in [6.07, 6.45) is 0. The first-order chi connectivity index (χ1) is 49.6. The lowest BCUT2D eigenvalue weighted by atomic mass is 9.96. The van der Waals surface area contributed by atoms with Gasteiger partial charge in [0.25, 0.3) is 0 Å². The van der Waals surface area contributed by atoms with Gasteiger partial charge in [0.1, 0.15) is 0 Å². The Morgan fingerprint density at radius 1 is 0.160 bits per heavy atom. The lowest BCUT2D eigenvalue weighted by Crippen LogP contribution is -2.00. The Bertz CT molecular complexity index is 6090. The maximum absolute atomic E-state index is 4.95. The van der Waals surface area contributed by atoms with E-state index in [1.54, 1.807) is 0 Å². The van der Waals surface area contributed by atoms with E-state index in [9.17, 15) is 0 Å². The Hall–Kier alpha value is -13.6. The fraction of sp³-hybridized carbons (Fsp3) is 0. The number of para-hydroxylation sites is 2. The third-order valence-corrected chi connectivity index (χ3v) is 18.9. The van der Waals surface area contributed by atoms with E-state index in [1.807, 2.05) is 121 Å². The molecule has 8 heteroatoms. The fourth-order valence-electron chi connectivity index (χ4n) is 14.0. The molecule has 0 saturated heterocycles. The van der Waals surface area contributed by atoms with Crippen LogP contribution in [0, 0.1) is 0 Å². The van der Waals surface area contributed by atoms with Crippen molar-refractivity contribution in [1.82, 2.24) is 39.0 Å². The van der Waals surface area contributed by atoms with Crippen molar-refractivity contribution in [1.29, 1.82) is 0 Å². The van der Waals surface area contributed by atoms with Gasteiger partial charge in [-0.25, -0.2) is 29.9 Å². The summed E-state index contributed by atoms with van der Waals surface area (Å²) in [5.41, 5.74) is 19.8. The van der Waals surface area contributed by atoms with E-state index in [0.717, 1.165) is 44.8 Å². The highest BCUT2D eigenvalue weighted by atomic mass is 15.0. The number of hydrogen-bond donors (Lipinski definition) is 0. The molecule has 4 aromatic heterocycles. The summed E-state index contributed by atoms with van der Waals surface area (Å²) in [6, 6.07) is 127. The van der Waals surface area contributed by atoms with Gasteiger partial charge >= 0.3 is 0 Å². The minimum atomic E-state index is 0.641. The Morgan fingerprint density at radius 2 is 0.430 bits per heavy atom. The molecule has 0 spiro atoms. The highest BCUT2D eigenvalue weighted by molar-refractivity contribution is 6.23. The highest BCUT2D eigenvalue weighted by Gasteiger charge is 2.20. The molecule has 19 aromatic rings. The molecule has 100 heavy (non-hydrogen) atoms. The molecule has 4 heterocycles. The van der Waals surface area contributed by atoms with E-state index in [0.29, 0.717) is 34.9 Å². The van der Waals surface area contributed by atoms with Crippen molar-refractivity contribution >= 4 is 65.2 Å². The zero-order valence-electron chi connectivity index (χ0n) is 54.2. The Kier molecular flexibility index (Phi) is 15.1. The summed E-state index contributed by atoms with van der Waals surface area (Å²) in [5, 5.41) is 9.93. The van der Waals surface area contributed by atoms with Gasteiger partial charge in [-0.3, -0.25) is 0 Å². The Balaban J connectivity index is 0.000000145. The van der Waals surface area contributed by atoms with Crippen LogP contribution in [0.4, 0.5) is 0 Å². The molecule has 0 unspecified atom stereocenters. The lowest BCUT2D eigenvalue weighted by Gasteiger charge is -2.11. The zero-order chi connectivity index (χ0) is 66.3. The predicted molar refractivity (Wildman–Crippen MR) is 412 cm³/mol. The lowest BCUT2D eigenvalue weighted by molar-refractivity contribution is 1.07. The standard InChI is InChI=1S/C49H32N4.C43H28N4/c1-4-12-33(13-5-1)34-20-22-35(23-21-34)40-25-24-36-28-31-45-46(43(36)32-40)42-18-10-11-19-44(42)53(45)41-29-26-39(27-30-41)49-51-47(37-14-6-2-7-15-37)50-48(52-49)38-16-8-3-9-17-38;1-4-12-29(13-5-1)33-22-26-36-34(28-33)23-27-39-40(36)37-18-10-11-19-38(37)47(39)35-24-20-32(21-25-35)43-45-41(30-14-6-2-7-15-30)44-42(46-43)31-16-8-3-9-17-31/h1-32H;1-28H.